The van der Waals surface area contributed by atoms with E-state index in [0.717, 1.165) is 5.56 Å². The molecule has 3 aromatic rings. The number of anilines is 1. The first-order valence-corrected chi connectivity index (χ1v) is 10.3. The largest absolute Gasteiger partial charge is 0.460 e. The molecule has 1 heterocycles. The number of hydrogen-bond acceptors (Lipinski definition) is 5. The van der Waals surface area contributed by atoms with Gasteiger partial charge in [0.15, 0.2) is 5.82 Å². The van der Waals surface area contributed by atoms with Crippen LogP contribution in [0.3, 0.4) is 0 Å². The molecule has 0 bridgehead atoms. The van der Waals surface area contributed by atoms with Gasteiger partial charge < -0.3 is 14.8 Å². The molecule has 0 spiro atoms. The van der Waals surface area contributed by atoms with Crippen molar-refractivity contribution in [3.05, 3.63) is 52.5 Å². The molecule has 3 rings (SSSR count). The molecule has 0 radical (unpaired) electrons. The van der Waals surface area contributed by atoms with Crippen LogP contribution in [-0.2, 0) is 9.53 Å². The molecule has 0 fully saturated rings. The van der Waals surface area contributed by atoms with Crippen LogP contribution in [0.1, 0.15) is 20.3 Å². The Balaban J connectivity index is 1.99. The van der Waals surface area contributed by atoms with E-state index in [1.807, 2.05) is 31.2 Å². The van der Waals surface area contributed by atoms with E-state index in [1.54, 1.807) is 29.8 Å². The first kappa shape index (κ1) is 22.1. The number of ether oxygens (including phenoxy) is 2. The smallest absolute Gasteiger partial charge is 0.336 e. The van der Waals surface area contributed by atoms with Gasteiger partial charge in [-0.05, 0) is 43.3 Å². The quantitative estimate of drug-likeness (QED) is 0.465. The number of carbonyl (C=O) groups excluding carboxylic acids is 1. The molecule has 0 atom stereocenters. The van der Waals surface area contributed by atoms with Crippen molar-refractivity contribution in [3.8, 4) is 23.1 Å². The predicted octanol–water partition coefficient (Wildman–Crippen LogP) is 5.00. The summed E-state index contributed by atoms with van der Waals surface area (Å²) >= 11 is 12.3. The van der Waals surface area contributed by atoms with E-state index < -0.39 is 0 Å². The second-order valence-electron chi connectivity index (χ2n) is 6.26. The monoisotopic (exact) mass is 448 g/mol. The van der Waals surface area contributed by atoms with Crippen LogP contribution in [-0.4, -0.2) is 40.5 Å². The van der Waals surface area contributed by atoms with E-state index in [0.29, 0.717) is 53.5 Å². The molecule has 0 aliphatic rings. The number of aromatic nitrogens is 3. The normalized spacial score (nSPS) is 10.8. The molecule has 158 valence electrons. The molecule has 0 aliphatic heterocycles. The van der Waals surface area contributed by atoms with Gasteiger partial charge in [0.1, 0.15) is 6.61 Å². The Labute approximate surface area is 184 Å². The maximum atomic E-state index is 11.8. The SMILES string of the molecule is CCOCCOc1nc(-c2ccc(Cl)c(Cl)c2)n(-c2cccc(NC(=O)CC)c2)n1. The van der Waals surface area contributed by atoms with Gasteiger partial charge in [-0.15, -0.1) is 5.10 Å². The minimum absolute atomic E-state index is 0.0737. The molecule has 0 aliphatic carbocycles. The summed E-state index contributed by atoms with van der Waals surface area (Å²) in [5.41, 5.74) is 2.09. The van der Waals surface area contributed by atoms with Crippen LogP contribution in [0.15, 0.2) is 42.5 Å². The Hall–Kier alpha value is -2.61. The van der Waals surface area contributed by atoms with Crippen LogP contribution in [0.25, 0.3) is 17.1 Å². The van der Waals surface area contributed by atoms with Gasteiger partial charge in [0.25, 0.3) is 0 Å². The van der Waals surface area contributed by atoms with Gasteiger partial charge in [-0.2, -0.15) is 4.98 Å². The molecular formula is C21H22Cl2N4O3. The van der Waals surface area contributed by atoms with Crippen molar-refractivity contribution in [1.82, 2.24) is 14.8 Å². The van der Waals surface area contributed by atoms with Crippen LogP contribution in [0.4, 0.5) is 5.69 Å². The van der Waals surface area contributed by atoms with Crippen molar-refractivity contribution in [1.29, 1.82) is 0 Å². The lowest BCUT2D eigenvalue weighted by Crippen LogP contribution is -2.10. The first-order valence-electron chi connectivity index (χ1n) is 9.55. The number of carbonyl (C=O) groups is 1. The third kappa shape index (κ3) is 5.50. The number of hydrogen-bond donors (Lipinski definition) is 1. The van der Waals surface area contributed by atoms with Gasteiger partial charge in [0.05, 0.1) is 22.3 Å². The lowest BCUT2D eigenvalue weighted by Gasteiger charge is -2.09. The highest BCUT2D eigenvalue weighted by atomic mass is 35.5. The number of amides is 1. The molecule has 1 amide bonds. The fourth-order valence-electron chi connectivity index (χ4n) is 2.66. The number of halogens is 2. The van der Waals surface area contributed by atoms with Gasteiger partial charge in [-0.25, -0.2) is 4.68 Å². The van der Waals surface area contributed by atoms with E-state index in [2.05, 4.69) is 15.4 Å². The summed E-state index contributed by atoms with van der Waals surface area (Å²) in [4.78, 5) is 16.3. The zero-order valence-corrected chi connectivity index (χ0v) is 18.2. The summed E-state index contributed by atoms with van der Waals surface area (Å²) in [6.45, 7) is 5.08. The molecule has 30 heavy (non-hydrogen) atoms. The van der Waals surface area contributed by atoms with Gasteiger partial charge in [-0.3, -0.25) is 4.79 Å². The van der Waals surface area contributed by atoms with Crippen LogP contribution in [0, 0.1) is 0 Å². The van der Waals surface area contributed by atoms with Crippen molar-refractivity contribution in [2.75, 3.05) is 25.1 Å². The van der Waals surface area contributed by atoms with Crippen LogP contribution < -0.4 is 10.1 Å². The van der Waals surface area contributed by atoms with Crippen molar-refractivity contribution >= 4 is 34.8 Å². The fourth-order valence-corrected chi connectivity index (χ4v) is 2.96. The number of nitrogens with zero attached hydrogens (tertiary/aromatic N) is 3. The minimum Gasteiger partial charge on any atom is -0.460 e. The summed E-state index contributed by atoms with van der Waals surface area (Å²) in [7, 11) is 0. The summed E-state index contributed by atoms with van der Waals surface area (Å²) in [6.07, 6.45) is 0.389. The summed E-state index contributed by atoms with van der Waals surface area (Å²) in [6, 6.07) is 12.8. The highest BCUT2D eigenvalue weighted by Crippen LogP contribution is 2.30. The Morgan fingerprint density at radius 2 is 1.93 bits per heavy atom. The third-order valence-corrected chi connectivity index (χ3v) is 4.86. The zero-order valence-electron chi connectivity index (χ0n) is 16.7. The van der Waals surface area contributed by atoms with Crippen molar-refractivity contribution in [2.45, 2.75) is 20.3 Å². The summed E-state index contributed by atoms with van der Waals surface area (Å²) < 4.78 is 12.6. The first-order chi connectivity index (χ1) is 14.5. The van der Waals surface area contributed by atoms with E-state index in [9.17, 15) is 4.79 Å². The van der Waals surface area contributed by atoms with Crippen molar-refractivity contribution in [2.24, 2.45) is 0 Å². The van der Waals surface area contributed by atoms with Crippen molar-refractivity contribution in [3.63, 3.8) is 0 Å². The van der Waals surface area contributed by atoms with Crippen LogP contribution in [0.5, 0.6) is 6.01 Å². The predicted molar refractivity (Wildman–Crippen MR) is 118 cm³/mol. The molecule has 0 unspecified atom stereocenters. The molecule has 1 N–H and O–H groups in total. The fraction of sp³-hybridized carbons (Fsp3) is 0.286. The average molecular weight is 449 g/mol. The van der Waals surface area contributed by atoms with Crippen molar-refractivity contribution < 1.29 is 14.3 Å². The highest BCUT2D eigenvalue weighted by Gasteiger charge is 2.16. The molecule has 2 aromatic carbocycles. The molecule has 0 saturated heterocycles. The molecule has 9 heteroatoms. The highest BCUT2D eigenvalue weighted by molar-refractivity contribution is 6.42. The Bertz CT molecular complexity index is 1020. The summed E-state index contributed by atoms with van der Waals surface area (Å²) in [5, 5.41) is 8.19. The van der Waals surface area contributed by atoms with Crippen LogP contribution in [0.2, 0.25) is 10.0 Å². The maximum Gasteiger partial charge on any atom is 0.336 e. The minimum atomic E-state index is -0.0737. The number of benzene rings is 2. The zero-order chi connectivity index (χ0) is 21.5. The molecular weight excluding hydrogens is 427 g/mol. The topological polar surface area (TPSA) is 78.3 Å². The lowest BCUT2D eigenvalue weighted by molar-refractivity contribution is -0.115. The Morgan fingerprint density at radius 1 is 1.10 bits per heavy atom. The van der Waals surface area contributed by atoms with Gasteiger partial charge in [0.2, 0.25) is 5.91 Å². The Kier molecular flexibility index (Phi) is 7.68. The van der Waals surface area contributed by atoms with Gasteiger partial charge in [-0.1, -0.05) is 36.2 Å². The van der Waals surface area contributed by atoms with E-state index >= 15 is 0 Å². The second-order valence-corrected chi connectivity index (χ2v) is 7.07. The molecule has 7 nitrogen and oxygen atoms in total. The van der Waals surface area contributed by atoms with E-state index in [4.69, 9.17) is 32.7 Å². The molecule has 0 saturated carbocycles. The molecule has 1 aromatic heterocycles. The average Bonchev–Trinajstić information content (AvgIpc) is 3.17. The Morgan fingerprint density at radius 3 is 2.67 bits per heavy atom. The summed E-state index contributed by atoms with van der Waals surface area (Å²) in [5.74, 6) is 0.453. The lowest BCUT2D eigenvalue weighted by atomic mass is 10.2. The third-order valence-electron chi connectivity index (χ3n) is 4.12. The maximum absolute atomic E-state index is 11.8. The second kappa shape index (κ2) is 10.4. The number of rotatable bonds is 9. The number of nitrogens with one attached hydrogen (secondary N) is 1. The van der Waals surface area contributed by atoms with E-state index in [1.165, 1.54) is 0 Å². The standard InChI is InChI=1S/C21H22Cl2N4O3/c1-3-19(28)24-15-6-5-7-16(13-15)27-20(14-8-9-17(22)18(23)12-14)25-21(26-27)30-11-10-29-4-2/h5-9,12-13H,3-4,10-11H2,1-2H3,(H,24,28). The van der Waals surface area contributed by atoms with Gasteiger partial charge in [0, 0.05) is 24.3 Å². The van der Waals surface area contributed by atoms with Gasteiger partial charge >= 0.3 is 6.01 Å². The van der Waals surface area contributed by atoms with E-state index in [-0.39, 0.29) is 11.9 Å². The van der Waals surface area contributed by atoms with Crippen LogP contribution >= 0.6 is 23.2 Å².